The summed E-state index contributed by atoms with van der Waals surface area (Å²) in [6.45, 7) is 0. The van der Waals surface area contributed by atoms with Gasteiger partial charge in [0.2, 0.25) is 0 Å². The molecule has 0 rings (SSSR count). The fraction of sp³-hybridized carbons (Fsp3) is 1.00. The summed E-state index contributed by atoms with van der Waals surface area (Å²) >= 11 is 0. The van der Waals surface area contributed by atoms with Gasteiger partial charge in [0.1, 0.15) is 0 Å². The molecule has 0 aliphatic rings. The summed E-state index contributed by atoms with van der Waals surface area (Å²) in [6, 6.07) is 0. The van der Waals surface area contributed by atoms with Crippen LogP contribution in [0.15, 0.2) is 0 Å². The molecule has 0 saturated carbocycles. The van der Waals surface area contributed by atoms with Crippen molar-refractivity contribution >= 4 is 10.3 Å². The zero-order valence-corrected chi connectivity index (χ0v) is 5.90. The summed E-state index contributed by atoms with van der Waals surface area (Å²) in [7, 11) is -0.229. The maximum atomic E-state index is 10.1. The van der Waals surface area contributed by atoms with E-state index < -0.39 is 14.2 Å². The maximum absolute atomic E-state index is 10.1. The summed E-state index contributed by atoms with van der Waals surface area (Å²) < 4.78 is 29.6. The molecular formula is C3H9NO3S. The third-order valence-corrected chi connectivity index (χ3v) is 2.01. The van der Waals surface area contributed by atoms with Crippen LogP contribution >= 0.6 is 0 Å². The summed E-state index contributed by atoms with van der Waals surface area (Å²) in [4.78, 5) is 0. The van der Waals surface area contributed by atoms with E-state index in [1.807, 2.05) is 0 Å². The number of rotatable bonds is 1. The van der Waals surface area contributed by atoms with E-state index in [4.69, 9.17) is 0 Å². The van der Waals surface area contributed by atoms with Gasteiger partial charge in [-0.3, -0.25) is 0 Å². The fourth-order valence-electron chi connectivity index (χ4n) is 0. The molecule has 0 atom stereocenters. The standard InChI is InChI=1S/C3H9NO3S/c1-4(2,3)8(5,6)7/h1-3H3. The fourth-order valence-corrected chi connectivity index (χ4v) is 0. The Morgan fingerprint density at radius 3 is 1.38 bits per heavy atom. The Morgan fingerprint density at radius 1 is 1.25 bits per heavy atom. The second kappa shape index (κ2) is 1.68. The highest BCUT2D eigenvalue weighted by Gasteiger charge is 2.14. The minimum atomic E-state index is -4.15. The average Bonchev–Trinajstić information content (AvgIpc) is 1.25. The van der Waals surface area contributed by atoms with E-state index in [-0.39, 0.29) is 0 Å². The van der Waals surface area contributed by atoms with Gasteiger partial charge in [-0.1, -0.05) is 0 Å². The first-order valence-electron chi connectivity index (χ1n) is 2.02. The molecule has 0 aliphatic carbocycles. The lowest BCUT2D eigenvalue weighted by Crippen LogP contribution is -2.40. The molecule has 0 aromatic rings. The Labute approximate surface area is 49.2 Å². The monoisotopic (exact) mass is 139 g/mol. The third-order valence-electron chi connectivity index (χ3n) is 0.671. The summed E-state index contributed by atoms with van der Waals surface area (Å²) in [5.74, 6) is 0. The molecule has 0 bridgehead atoms. The quantitative estimate of drug-likeness (QED) is 0.351. The van der Waals surface area contributed by atoms with E-state index in [0.29, 0.717) is 0 Å². The van der Waals surface area contributed by atoms with E-state index in [1.54, 1.807) is 0 Å². The molecule has 0 aromatic carbocycles. The average molecular weight is 139 g/mol. The molecule has 0 radical (unpaired) electrons. The van der Waals surface area contributed by atoms with Crippen molar-refractivity contribution in [2.24, 2.45) is 0 Å². The van der Waals surface area contributed by atoms with Gasteiger partial charge in [-0.05, 0) is 0 Å². The highest BCUT2D eigenvalue weighted by molar-refractivity contribution is 7.79. The first-order valence-corrected chi connectivity index (χ1v) is 3.39. The zero-order chi connectivity index (χ0) is 7.00. The van der Waals surface area contributed by atoms with Crippen molar-refractivity contribution in [1.29, 1.82) is 0 Å². The predicted molar refractivity (Wildman–Crippen MR) is 27.7 cm³/mol. The van der Waals surface area contributed by atoms with Crippen LogP contribution in [0.2, 0.25) is 0 Å². The smallest absolute Gasteiger partial charge is 0.253 e. The predicted octanol–water partition coefficient (Wildman–Crippen LogP) is -0.847. The Balaban J connectivity index is 4.53. The Kier molecular flexibility index (Phi) is 1.65. The lowest BCUT2D eigenvalue weighted by Gasteiger charge is -2.25. The molecular weight excluding hydrogens is 130 g/mol. The third kappa shape index (κ3) is 1.77. The van der Waals surface area contributed by atoms with Gasteiger partial charge in [-0.25, -0.2) is 3.89 Å². The van der Waals surface area contributed by atoms with Gasteiger partial charge < -0.3 is 4.55 Å². The number of quaternary nitrogens is 1. The molecule has 0 saturated heterocycles. The molecule has 5 heteroatoms. The molecule has 50 valence electrons. The van der Waals surface area contributed by atoms with Crippen molar-refractivity contribution in [2.75, 3.05) is 21.1 Å². The topological polar surface area (TPSA) is 57.2 Å². The summed E-state index contributed by atoms with van der Waals surface area (Å²) in [5.41, 5.74) is 0. The molecule has 0 N–H and O–H groups in total. The largest absolute Gasteiger partial charge is 0.702 e. The van der Waals surface area contributed by atoms with Gasteiger partial charge in [0, 0.05) is 0 Å². The normalized spacial score (nSPS) is 14.0. The summed E-state index contributed by atoms with van der Waals surface area (Å²) in [5, 5.41) is 0. The SMILES string of the molecule is C[N+](C)(C)S(=O)(=O)[O-]. The van der Waals surface area contributed by atoms with E-state index in [9.17, 15) is 13.0 Å². The van der Waals surface area contributed by atoms with Crippen LogP contribution in [0.4, 0.5) is 0 Å². The minimum Gasteiger partial charge on any atom is -0.702 e. The van der Waals surface area contributed by atoms with E-state index >= 15 is 0 Å². The highest BCUT2D eigenvalue weighted by Crippen LogP contribution is 1.96. The highest BCUT2D eigenvalue weighted by atomic mass is 32.2. The van der Waals surface area contributed by atoms with Crippen molar-refractivity contribution in [3.05, 3.63) is 0 Å². The van der Waals surface area contributed by atoms with Gasteiger partial charge in [0.15, 0.2) is 0 Å². The molecule has 0 unspecified atom stereocenters. The van der Waals surface area contributed by atoms with Crippen molar-refractivity contribution in [1.82, 2.24) is 0 Å². The molecule has 8 heavy (non-hydrogen) atoms. The van der Waals surface area contributed by atoms with Crippen LogP contribution in [0, 0.1) is 0 Å². The van der Waals surface area contributed by atoms with Crippen LogP contribution in [0.1, 0.15) is 0 Å². The number of hydrogen-bond donors (Lipinski definition) is 0. The van der Waals surface area contributed by atoms with Crippen LogP contribution in [-0.4, -0.2) is 38.0 Å². The minimum absolute atomic E-state index is 0.562. The molecule has 0 fully saturated rings. The first kappa shape index (κ1) is 7.87. The molecule has 0 spiro atoms. The van der Waals surface area contributed by atoms with Gasteiger partial charge in [-0.15, -0.1) is 0 Å². The van der Waals surface area contributed by atoms with Crippen LogP contribution in [0.3, 0.4) is 0 Å². The summed E-state index contributed by atoms with van der Waals surface area (Å²) in [6.07, 6.45) is 0. The van der Waals surface area contributed by atoms with Gasteiger partial charge in [-0.2, -0.15) is 8.42 Å². The Hall–Kier alpha value is -0.130. The van der Waals surface area contributed by atoms with Gasteiger partial charge in [0.25, 0.3) is 10.3 Å². The van der Waals surface area contributed by atoms with Crippen LogP contribution in [0.5, 0.6) is 0 Å². The zero-order valence-electron chi connectivity index (χ0n) is 5.08. The number of nitrogens with zero attached hydrogens (tertiary/aromatic N) is 1. The maximum Gasteiger partial charge on any atom is 0.253 e. The van der Waals surface area contributed by atoms with Crippen molar-refractivity contribution in [3.63, 3.8) is 0 Å². The van der Waals surface area contributed by atoms with Crippen molar-refractivity contribution in [2.45, 2.75) is 0 Å². The second-order valence-corrected chi connectivity index (χ2v) is 4.27. The lowest BCUT2D eigenvalue weighted by molar-refractivity contribution is -0.744. The van der Waals surface area contributed by atoms with Crippen LogP contribution in [-0.2, 0) is 10.3 Å². The molecule has 4 nitrogen and oxygen atoms in total. The van der Waals surface area contributed by atoms with Crippen molar-refractivity contribution < 1.29 is 16.9 Å². The second-order valence-electron chi connectivity index (χ2n) is 2.32. The molecule has 0 aliphatic heterocycles. The molecule has 0 aromatic heterocycles. The van der Waals surface area contributed by atoms with Crippen molar-refractivity contribution in [3.8, 4) is 0 Å². The Bertz CT molecular complexity index is 163. The Morgan fingerprint density at radius 2 is 1.38 bits per heavy atom. The van der Waals surface area contributed by atoms with Gasteiger partial charge >= 0.3 is 0 Å². The van der Waals surface area contributed by atoms with E-state index in [0.717, 1.165) is 0 Å². The van der Waals surface area contributed by atoms with Gasteiger partial charge in [0.05, 0.1) is 21.1 Å². The van der Waals surface area contributed by atoms with E-state index in [2.05, 4.69) is 0 Å². The van der Waals surface area contributed by atoms with Crippen LogP contribution in [0.25, 0.3) is 0 Å². The lowest BCUT2D eigenvalue weighted by atomic mass is 11.0. The number of hydrogen-bond acceptors (Lipinski definition) is 3. The van der Waals surface area contributed by atoms with Crippen LogP contribution < -0.4 is 0 Å². The first-order chi connectivity index (χ1) is 3.25. The molecule has 0 heterocycles. The van der Waals surface area contributed by atoms with E-state index in [1.165, 1.54) is 21.1 Å². The molecule has 0 amide bonds.